The van der Waals surface area contributed by atoms with Crippen molar-refractivity contribution in [2.45, 2.75) is 44.7 Å². The molecule has 0 heterocycles. The van der Waals surface area contributed by atoms with Gasteiger partial charge in [0, 0.05) is 11.7 Å². The second-order valence-corrected chi connectivity index (χ2v) is 9.85. The van der Waals surface area contributed by atoms with Crippen molar-refractivity contribution in [1.29, 1.82) is 0 Å². The first-order valence-corrected chi connectivity index (χ1v) is 12.2. The number of hydrogen-bond acceptors (Lipinski definition) is 4. The number of anilines is 1. The summed E-state index contributed by atoms with van der Waals surface area (Å²) in [7, 11) is -3.80. The molecule has 0 radical (unpaired) electrons. The molecule has 0 saturated heterocycles. The second-order valence-electron chi connectivity index (χ2n) is 8.10. The Balaban J connectivity index is 1.66. The smallest absolute Gasteiger partial charge is 0.251 e. The molecule has 2 aromatic carbocycles. The quantitative estimate of drug-likeness (QED) is 0.583. The van der Waals surface area contributed by atoms with Crippen molar-refractivity contribution in [3.8, 4) is 0 Å². The van der Waals surface area contributed by atoms with Gasteiger partial charge >= 0.3 is 0 Å². The average Bonchev–Trinajstić information content (AvgIpc) is 2.74. The minimum absolute atomic E-state index is 0.139. The molecule has 3 rings (SSSR count). The van der Waals surface area contributed by atoms with Gasteiger partial charge in [0.2, 0.25) is 15.9 Å². The average molecular weight is 444 g/mol. The third-order valence-corrected chi connectivity index (χ3v) is 6.76. The minimum Gasteiger partial charge on any atom is -0.340 e. The molecule has 1 atom stereocenters. The van der Waals surface area contributed by atoms with Crippen LogP contribution in [0.15, 0.2) is 60.7 Å². The third-order valence-electron chi connectivity index (χ3n) is 5.42. The van der Waals surface area contributed by atoms with Gasteiger partial charge in [-0.2, -0.15) is 0 Å². The zero-order chi connectivity index (χ0) is 22.3. The lowest BCUT2D eigenvalue weighted by Crippen LogP contribution is -2.44. The van der Waals surface area contributed by atoms with Gasteiger partial charge in [-0.3, -0.25) is 9.59 Å². The van der Waals surface area contributed by atoms with Gasteiger partial charge in [0.05, 0.1) is 0 Å². The molecular formula is C23H29N3O4S. The van der Waals surface area contributed by atoms with Crippen LogP contribution in [0.25, 0.3) is 0 Å². The van der Waals surface area contributed by atoms with Crippen LogP contribution in [0.5, 0.6) is 0 Å². The van der Waals surface area contributed by atoms with Crippen molar-refractivity contribution >= 4 is 27.5 Å². The molecule has 2 aromatic rings. The van der Waals surface area contributed by atoms with Crippen molar-refractivity contribution in [3.63, 3.8) is 0 Å². The van der Waals surface area contributed by atoms with Crippen LogP contribution in [-0.2, 0) is 19.6 Å². The third kappa shape index (κ3) is 7.18. The highest BCUT2D eigenvalue weighted by atomic mass is 32.2. The van der Waals surface area contributed by atoms with Gasteiger partial charge in [0.25, 0.3) is 5.91 Å². The van der Waals surface area contributed by atoms with E-state index in [-0.39, 0.29) is 6.04 Å². The van der Waals surface area contributed by atoms with E-state index in [1.54, 1.807) is 54.6 Å². The molecule has 7 nitrogen and oxygen atoms in total. The summed E-state index contributed by atoms with van der Waals surface area (Å²) in [5.74, 6) is -1.30. The van der Waals surface area contributed by atoms with Crippen molar-refractivity contribution < 1.29 is 18.0 Å². The van der Waals surface area contributed by atoms with Crippen LogP contribution in [0.2, 0.25) is 0 Å². The highest BCUT2D eigenvalue weighted by molar-refractivity contribution is 7.90. The molecule has 0 aliphatic heterocycles. The summed E-state index contributed by atoms with van der Waals surface area (Å²) in [5, 5.41) is 5.34. The SMILES string of the molecule is CC1CCC(NS(=O)(=O)CC(=O)NC(C(=O)Nc2ccccc2)c2ccccc2)CC1. The lowest BCUT2D eigenvalue weighted by atomic mass is 9.88. The highest BCUT2D eigenvalue weighted by Crippen LogP contribution is 2.24. The number of hydrogen-bond donors (Lipinski definition) is 3. The van der Waals surface area contributed by atoms with Crippen LogP contribution in [-0.4, -0.2) is 32.0 Å². The van der Waals surface area contributed by atoms with Crippen molar-refractivity contribution in [1.82, 2.24) is 10.0 Å². The molecule has 0 bridgehead atoms. The van der Waals surface area contributed by atoms with Crippen LogP contribution in [0.4, 0.5) is 5.69 Å². The van der Waals surface area contributed by atoms with E-state index in [0.29, 0.717) is 17.2 Å². The number of sulfonamides is 1. The van der Waals surface area contributed by atoms with Crippen molar-refractivity contribution in [2.75, 3.05) is 11.1 Å². The second kappa shape index (κ2) is 10.5. The maximum Gasteiger partial charge on any atom is 0.251 e. The number of para-hydroxylation sites is 1. The van der Waals surface area contributed by atoms with E-state index in [2.05, 4.69) is 22.3 Å². The number of amides is 2. The molecule has 0 aromatic heterocycles. The Labute approximate surface area is 183 Å². The highest BCUT2D eigenvalue weighted by Gasteiger charge is 2.28. The fourth-order valence-corrected chi connectivity index (χ4v) is 4.99. The Kier molecular flexibility index (Phi) is 7.81. The molecule has 1 aliphatic rings. The van der Waals surface area contributed by atoms with E-state index in [1.165, 1.54) is 0 Å². The zero-order valence-corrected chi connectivity index (χ0v) is 18.4. The van der Waals surface area contributed by atoms with Crippen LogP contribution < -0.4 is 15.4 Å². The lowest BCUT2D eigenvalue weighted by Gasteiger charge is -2.26. The van der Waals surface area contributed by atoms with Gasteiger partial charge in [-0.15, -0.1) is 0 Å². The monoisotopic (exact) mass is 443 g/mol. The molecule has 1 aliphatic carbocycles. The summed E-state index contributed by atoms with van der Waals surface area (Å²) >= 11 is 0. The summed E-state index contributed by atoms with van der Waals surface area (Å²) < 4.78 is 27.6. The molecule has 8 heteroatoms. The first-order chi connectivity index (χ1) is 14.8. The molecule has 1 saturated carbocycles. The Morgan fingerprint density at radius 2 is 1.52 bits per heavy atom. The Morgan fingerprint density at radius 3 is 2.13 bits per heavy atom. The predicted octanol–water partition coefficient (Wildman–Crippen LogP) is 2.98. The number of nitrogens with one attached hydrogen (secondary N) is 3. The standard InChI is InChI=1S/C23H29N3O4S/c1-17-12-14-20(15-13-17)26-31(29,30)16-21(27)25-22(18-8-4-2-5-9-18)23(28)24-19-10-6-3-7-11-19/h2-11,17,20,22,26H,12-16H2,1H3,(H,24,28)(H,25,27). The maximum atomic E-state index is 12.9. The summed E-state index contributed by atoms with van der Waals surface area (Å²) in [6.07, 6.45) is 3.48. The van der Waals surface area contributed by atoms with Gasteiger partial charge in [0.1, 0.15) is 11.8 Å². The number of carbonyl (C=O) groups is 2. The van der Waals surface area contributed by atoms with E-state index in [0.717, 1.165) is 25.7 Å². The van der Waals surface area contributed by atoms with E-state index in [4.69, 9.17) is 0 Å². The van der Waals surface area contributed by atoms with Gasteiger partial charge in [0.15, 0.2) is 0 Å². The van der Waals surface area contributed by atoms with Gasteiger partial charge in [-0.25, -0.2) is 13.1 Å². The summed E-state index contributed by atoms with van der Waals surface area (Å²) in [4.78, 5) is 25.5. The molecule has 166 valence electrons. The molecule has 31 heavy (non-hydrogen) atoms. The van der Waals surface area contributed by atoms with E-state index >= 15 is 0 Å². The van der Waals surface area contributed by atoms with Gasteiger partial charge in [-0.05, 0) is 49.3 Å². The topological polar surface area (TPSA) is 104 Å². The summed E-state index contributed by atoms with van der Waals surface area (Å²) in [6, 6.07) is 16.5. The molecule has 0 spiro atoms. The number of benzene rings is 2. The summed E-state index contributed by atoms with van der Waals surface area (Å²) in [5.41, 5.74) is 1.15. The van der Waals surface area contributed by atoms with E-state index in [1.807, 2.05) is 6.07 Å². The number of carbonyl (C=O) groups excluding carboxylic acids is 2. The molecular weight excluding hydrogens is 414 g/mol. The molecule has 1 unspecified atom stereocenters. The molecule has 3 N–H and O–H groups in total. The first kappa shape index (κ1) is 23.0. The molecule has 1 fully saturated rings. The Hall–Kier alpha value is -2.71. The predicted molar refractivity (Wildman–Crippen MR) is 121 cm³/mol. The lowest BCUT2D eigenvalue weighted by molar-refractivity contribution is -0.125. The molecule has 2 amide bonds. The van der Waals surface area contributed by atoms with Gasteiger partial charge in [-0.1, -0.05) is 55.5 Å². The van der Waals surface area contributed by atoms with Crippen LogP contribution in [0.1, 0.15) is 44.2 Å². The summed E-state index contributed by atoms with van der Waals surface area (Å²) in [6.45, 7) is 2.16. The number of rotatable bonds is 8. The van der Waals surface area contributed by atoms with Crippen molar-refractivity contribution in [3.05, 3.63) is 66.2 Å². The Bertz CT molecular complexity index is 972. The fourth-order valence-electron chi connectivity index (χ4n) is 3.73. The van der Waals surface area contributed by atoms with E-state index in [9.17, 15) is 18.0 Å². The van der Waals surface area contributed by atoms with Crippen LogP contribution in [0.3, 0.4) is 0 Å². The first-order valence-electron chi connectivity index (χ1n) is 10.5. The Morgan fingerprint density at radius 1 is 0.935 bits per heavy atom. The minimum atomic E-state index is -3.80. The normalized spacial score (nSPS) is 19.9. The largest absolute Gasteiger partial charge is 0.340 e. The maximum absolute atomic E-state index is 12.9. The zero-order valence-electron chi connectivity index (χ0n) is 17.6. The van der Waals surface area contributed by atoms with Crippen LogP contribution >= 0.6 is 0 Å². The van der Waals surface area contributed by atoms with Crippen molar-refractivity contribution in [2.24, 2.45) is 5.92 Å². The van der Waals surface area contributed by atoms with E-state index < -0.39 is 33.6 Å². The van der Waals surface area contributed by atoms with Crippen LogP contribution in [0, 0.1) is 5.92 Å². The fraction of sp³-hybridized carbons (Fsp3) is 0.391. The van der Waals surface area contributed by atoms with Gasteiger partial charge < -0.3 is 10.6 Å².